The van der Waals surface area contributed by atoms with Crippen LogP contribution in [-0.4, -0.2) is 32.4 Å². The molecule has 1 aliphatic rings. The van der Waals surface area contributed by atoms with E-state index in [1.165, 1.54) is 0 Å². The number of halogens is 8. The Labute approximate surface area is 104 Å². The minimum Gasteiger partial charge on any atom is -0.195 e. The maximum absolute atomic E-state index is 13.4. The van der Waals surface area contributed by atoms with E-state index in [-0.39, 0.29) is 11.7 Å². The molecule has 0 atom stereocenters. The van der Waals surface area contributed by atoms with Crippen LogP contribution in [0.1, 0.15) is 5.69 Å². The van der Waals surface area contributed by atoms with Gasteiger partial charge < -0.3 is 0 Å². The van der Waals surface area contributed by atoms with E-state index in [2.05, 4.69) is 8.75 Å². The summed E-state index contributed by atoms with van der Waals surface area (Å²) in [5.41, 5.74) is -2.97. The van der Waals surface area contributed by atoms with E-state index in [0.29, 0.717) is 6.20 Å². The Balaban J connectivity index is 2.72. The highest BCUT2D eigenvalue weighted by Crippen LogP contribution is 2.60. The molecule has 0 N–H and O–H groups in total. The largest absolute Gasteiger partial charge is 0.382 e. The van der Waals surface area contributed by atoms with E-state index in [0.717, 1.165) is 0 Å². The first kappa shape index (κ1) is 14.2. The third-order valence-corrected chi connectivity index (χ3v) is 2.99. The van der Waals surface area contributed by atoms with E-state index in [1.54, 1.807) is 0 Å². The van der Waals surface area contributed by atoms with Crippen LogP contribution in [0.5, 0.6) is 0 Å². The molecular weight excluding hydrogens is 308 g/mol. The SMILES string of the molecule is FC1(F)C=C(c2cnsn2)C(F)(F)C(F)(F)C1(F)F. The lowest BCUT2D eigenvalue weighted by molar-refractivity contribution is -0.348. The summed E-state index contributed by atoms with van der Waals surface area (Å²) in [5, 5.41) is 0. The van der Waals surface area contributed by atoms with Gasteiger partial charge in [0.1, 0.15) is 5.69 Å². The zero-order valence-electron chi connectivity index (χ0n) is 8.48. The van der Waals surface area contributed by atoms with Gasteiger partial charge in [-0.2, -0.15) is 43.9 Å². The molecule has 2 rings (SSSR count). The second-order valence-electron chi connectivity index (χ2n) is 3.70. The van der Waals surface area contributed by atoms with Crippen molar-refractivity contribution in [2.75, 3.05) is 0 Å². The molecule has 1 heterocycles. The van der Waals surface area contributed by atoms with Crippen LogP contribution in [0.3, 0.4) is 0 Å². The Bertz CT molecular complexity index is 521. The number of rotatable bonds is 1. The lowest BCUT2D eigenvalue weighted by Crippen LogP contribution is -2.65. The fourth-order valence-corrected chi connectivity index (χ4v) is 1.88. The smallest absolute Gasteiger partial charge is 0.195 e. The van der Waals surface area contributed by atoms with Crippen molar-refractivity contribution in [3.05, 3.63) is 18.0 Å². The lowest BCUT2D eigenvalue weighted by atomic mass is 9.84. The molecule has 0 saturated heterocycles. The zero-order chi connectivity index (χ0) is 14.7. The summed E-state index contributed by atoms with van der Waals surface area (Å²) in [6.07, 6.45) is -0.374. The van der Waals surface area contributed by atoms with Crippen molar-refractivity contribution < 1.29 is 35.1 Å². The highest BCUT2D eigenvalue weighted by atomic mass is 32.1. The summed E-state index contributed by atoms with van der Waals surface area (Å²) in [6, 6.07) is 0. The molecule has 0 amide bonds. The van der Waals surface area contributed by atoms with Gasteiger partial charge in [0.25, 0.3) is 0 Å². The van der Waals surface area contributed by atoms with Crippen LogP contribution in [0.15, 0.2) is 12.3 Å². The monoisotopic (exact) mass is 310 g/mol. The Kier molecular flexibility index (Phi) is 2.71. The van der Waals surface area contributed by atoms with Crippen molar-refractivity contribution in [3.8, 4) is 0 Å². The molecule has 1 aliphatic carbocycles. The minimum atomic E-state index is -6.25. The third-order valence-electron chi connectivity index (χ3n) is 2.51. The highest BCUT2D eigenvalue weighted by molar-refractivity contribution is 6.99. The average Bonchev–Trinajstić information content (AvgIpc) is 2.76. The summed E-state index contributed by atoms with van der Waals surface area (Å²) in [4.78, 5) is 0. The van der Waals surface area contributed by atoms with Gasteiger partial charge in [-0.15, -0.1) is 0 Å². The van der Waals surface area contributed by atoms with E-state index in [4.69, 9.17) is 0 Å². The van der Waals surface area contributed by atoms with Crippen LogP contribution < -0.4 is 0 Å². The topological polar surface area (TPSA) is 25.8 Å². The number of nitrogens with zero attached hydrogens (tertiary/aromatic N) is 2. The van der Waals surface area contributed by atoms with Crippen LogP contribution in [0.25, 0.3) is 5.57 Å². The van der Waals surface area contributed by atoms with Gasteiger partial charge in [-0.05, 0) is 0 Å². The van der Waals surface area contributed by atoms with Crippen molar-refractivity contribution in [2.24, 2.45) is 0 Å². The number of hydrogen-bond donors (Lipinski definition) is 0. The molecule has 0 spiro atoms. The van der Waals surface area contributed by atoms with Crippen molar-refractivity contribution in [1.82, 2.24) is 8.75 Å². The molecule has 0 radical (unpaired) electrons. The minimum absolute atomic E-state index is 0.283. The molecule has 0 aromatic carbocycles. The molecular formula is C8H2F8N2S. The fraction of sp³-hybridized carbons (Fsp3) is 0.500. The molecule has 0 unspecified atom stereocenters. The molecule has 19 heavy (non-hydrogen) atoms. The van der Waals surface area contributed by atoms with Crippen LogP contribution >= 0.6 is 11.7 Å². The van der Waals surface area contributed by atoms with Crippen LogP contribution in [0, 0.1) is 0 Å². The van der Waals surface area contributed by atoms with Crippen molar-refractivity contribution in [1.29, 1.82) is 0 Å². The molecule has 0 aliphatic heterocycles. The van der Waals surface area contributed by atoms with Crippen molar-refractivity contribution in [3.63, 3.8) is 0 Å². The molecule has 1 aromatic rings. The standard InChI is InChI=1S/C8H2F8N2S/c9-5(10)1-3(4-2-17-19-18-4)6(11,12)8(15,16)7(5,13)14/h1-2H. The summed E-state index contributed by atoms with van der Waals surface area (Å²) < 4.78 is 111. The molecule has 2 nitrogen and oxygen atoms in total. The Morgan fingerprint density at radius 2 is 1.47 bits per heavy atom. The Hall–Kier alpha value is -1.26. The van der Waals surface area contributed by atoms with Crippen molar-refractivity contribution >= 4 is 17.3 Å². The van der Waals surface area contributed by atoms with Crippen LogP contribution in [0.2, 0.25) is 0 Å². The zero-order valence-corrected chi connectivity index (χ0v) is 9.30. The second-order valence-corrected chi connectivity index (χ2v) is 4.25. The van der Waals surface area contributed by atoms with Gasteiger partial charge >= 0.3 is 23.7 Å². The normalized spacial score (nSPS) is 26.8. The molecule has 106 valence electrons. The summed E-state index contributed by atoms with van der Waals surface area (Å²) >= 11 is 0.283. The molecule has 0 fully saturated rings. The van der Waals surface area contributed by atoms with E-state index in [1.807, 2.05) is 0 Å². The van der Waals surface area contributed by atoms with Crippen LogP contribution in [0.4, 0.5) is 35.1 Å². The molecule has 1 aromatic heterocycles. The number of alkyl halides is 8. The van der Waals surface area contributed by atoms with Gasteiger partial charge in [0.2, 0.25) is 0 Å². The summed E-state index contributed by atoms with van der Waals surface area (Å²) in [7, 11) is 0. The third kappa shape index (κ3) is 1.60. The Morgan fingerprint density at radius 1 is 0.895 bits per heavy atom. The van der Waals surface area contributed by atoms with E-state index in [9.17, 15) is 35.1 Å². The summed E-state index contributed by atoms with van der Waals surface area (Å²) in [6.45, 7) is 0. The highest BCUT2D eigenvalue weighted by Gasteiger charge is 2.83. The van der Waals surface area contributed by atoms with Crippen molar-refractivity contribution in [2.45, 2.75) is 23.7 Å². The molecule has 0 bridgehead atoms. The first-order valence-corrected chi connectivity index (χ1v) is 5.21. The average molecular weight is 310 g/mol. The maximum Gasteiger partial charge on any atom is 0.382 e. The summed E-state index contributed by atoms with van der Waals surface area (Å²) in [5.74, 6) is -23.4. The number of allylic oxidation sites excluding steroid dienone is 2. The molecule has 0 saturated carbocycles. The predicted molar refractivity (Wildman–Crippen MR) is 47.7 cm³/mol. The van der Waals surface area contributed by atoms with Gasteiger partial charge in [-0.3, -0.25) is 0 Å². The fourth-order valence-electron chi connectivity index (χ4n) is 1.46. The van der Waals surface area contributed by atoms with Gasteiger partial charge in [-0.1, -0.05) is 0 Å². The quantitative estimate of drug-likeness (QED) is 0.742. The molecule has 11 heteroatoms. The van der Waals surface area contributed by atoms with E-state index < -0.39 is 41.0 Å². The van der Waals surface area contributed by atoms with Gasteiger partial charge in [0.05, 0.1) is 23.5 Å². The second kappa shape index (κ2) is 3.64. The van der Waals surface area contributed by atoms with Crippen LogP contribution in [-0.2, 0) is 0 Å². The predicted octanol–water partition coefficient (Wildman–Crippen LogP) is 3.48. The maximum atomic E-state index is 13.4. The first-order chi connectivity index (χ1) is 8.45. The number of aromatic nitrogens is 2. The van der Waals surface area contributed by atoms with E-state index >= 15 is 0 Å². The first-order valence-electron chi connectivity index (χ1n) is 4.47. The van der Waals surface area contributed by atoms with Gasteiger partial charge in [0, 0.05) is 6.08 Å². The number of hydrogen-bond acceptors (Lipinski definition) is 3. The Morgan fingerprint density at radius 3 is 1.95 bits per heavy atom. The van der Waals surface area contributed by atoms with Gasteiger partial charge in [-0.25, -0.2) is 0 Å². The van der Waals surface area contributed by atoms with Gasteiger partial charge in [0.15, 0.2) is 0 Å². The lowest BCUT2D eigenvalue weighted by Gasteiger charge is -2.40.